The number of nitrogens with two attached hydrogens (primary N) is 1. The predicted molar refractivity (Wildman–Crippen MR) is 74.5 cm³/mol. The molecular weight excluding hydrogens is 256 g/mol. The number of ether oxygens (including phenoxy) is 2. The fraction of sp³-hybridized carbons (Fsp3) is 0.286. The minimum absolute atomic E-state index is 0.514. The Morgan fingerprint density at radius 1 is 1.35 bits per heavy atom. The number of benzene rings is 1. The van der Waals surface area contributed by atoms with Crippen molar-refractivity contribution in [2.75, 3.05) is 19.5 Å². The highest BCUT2D eigenvalue weighted by Crippen LogP contribution is 2.27. The van der Waals surface area contributed by atoms with E-state index in [1.807, 2.05) is 6.20 Å². The molecule has 0 saturated carbocycles. The quantitative estimate of drug-likeness (QED) is 0.810. The van der Waals surface area contributed by atoms with E-state index in [0.29, 0.717) is 29.5 Å². The summed E-state index contributed by atoms with van der Waals surface area (Å²) in [6, 6.07) is 8.91. The zero-order valence-corrected chi connectivity index (χ0v) is 11.2. The normalized spacial score (nSPS) is 10.0. The van der Waals surface area contributed by atoms with Crippen LogP contribution in [-0.4, -0.2) is 23.5 Å². The van der Waals surface area contributed by atoms with E-state index >= 15 is 0 Å². The van der Waals surface area contributed by atoms with Crippen LogP contribution < -0.4 is 15.2 Å². The molecule has 0 bridgehead atoms. The number of methoxy groups -OCH3 is 1. The van der Waals surface area contributed by atoms with Crippen molar-refractivity contribution in [2.45, 2.75) is 13.0 Å². The minimum atomic E-state index is 0.514. The van der Waals surface area contributed by atoms with Gasteiger partial charge in [0.25, 0.3) is 0 Å². The number of anilines is 1. The molecule has 0 aliphatic carbocycles. The molecule has 0 radical (unpaired) electrons. The molecule has 1 aromatic heterocycles. The standard InChI is InChI=1S/C14H16N4O2/c1-19-13-9-11(10-15)3-4-12(13)20-8-2-6-18-7-5-14(16)17-18/h3-5,7,9H,2,6,8H2,1H3,(H2,16,17). The van der Waals surface area contributed by atoms with Crippen LogP contribution in [0.4, 0.5) is 5.82 Å². The Labute approximate surface area is 117 Å². The SMILES string of the molecule is COc1cc(C#N)ccc1OCCCn1ccc(N)n1. The van der Waals surface area contributed by atoms with Gasteiger partial charge in [0.2, 0.25) is 0 Å². The lowest BCUT2D eigenvalue weighted by atomic mass is 10.2. The van der Waals surface area contributed by atoms with E-state index < -0.39 is 0 Å². The Hall–Kier alpha value is -2.68. The molecule has 1 heterocycles. The summed E-state index contributed by atoms with van der Waals surface area (Å²) in [7, 11) is 1.55. The van der Waals surface area contributed by atoms with Crippen LogP contribution in [0.3, 0.4) is 0 Å². The third-order valence-corrected chi connectivity index (χ3v) is 2.74. The molecule has 2 N–H and O–H groups in total. The summed E-state index contributed by atoms with van der Waals surface area (Å²) in [6.07, 6.45) is 2.63. The molecule has 0 aliphatic rings. The molecule has 0 aliphatic heterocycles. The van der Waals surface area contributed by atoms with Crippen LogP contribution >= 0.6 is 0 Å². The van der Waals surface area contributed by atoms with Gasteiger partial charge in [-0.05, 0) is 18.2 Å². The molecule has 0 amide bonds. The van der Waals surface area contributed by atoms with Crippen molar-refractivity contribution in [3.05, 3.63) is 36.0 Å². The summed E-state index contributed by atoms with van der Waals surface area (Å²) in [5.41, 5.74) is 6.08. The Morgan fingerprint density at radius 2 is 2.20 bits per heavy atom. The summed E-state index contributed by atoms with van der Waals surface area (Å²) >= 11 is 0. The molecule has 20 heavy (non-hydrogen) atoms. The Morgan fingerprint density at radius 3 is 2.85 bits per heavy atom. The van der Waals surface area contributed by atoms with Crippen molar-refractivity contribution in [2.24, 2.45) is 0 Å². The smallest absolute Gasteiger partial charge is 0.162 e. The van der Waals surface area contributed by atoms with Crippen LogP contribution in [0.25, 0.3) is 0 Å². The average Bonchev–Trinajstić information content (AvgIpc) is 2.89. The van der Waals surface area contributed by atoms with Gasteiger partial charge in [-0.3, -0.25) is 4.68 Å². The molecule has 0 fully saturated rings. The summed E-state index contributed by atoms with van der Waals surface area (Å²) < 4.78 is 12.6. The number of nitrogen functional groups attached to an aromatic ring is 1. The van der Waals surface area contributed by atoms with Gasteiger partial charge in [0, 0.05) is 25.2 Å². The van der Waals surface area contributed by atoms with Crippen molar-refractivity contribution >= 4 is 5.82 Å². The van der Waals surface area contributed by atoms with Crippen molar-refractivity contribution < 1.29 is 9.47 Å². The molecule has 0 unspecified atom stereocenters. The molecule has 2 aromatic rings. The fourth-order valence-corrected chi connectivity index (χ4v) is 1.77. The first-order chi connectivity index (χ1) is 9.72. The van der Waals surface area contributed by atoms with Crippen molar-refractivity contribution in [3.8, 4) is 17.6 Å². The lowest BCUT2D eigenvalue weighted by Crippen LogP contribution is -2.06. The third kappa shape index (κ3) is 3.42. The van der Waals surface area contributed by atoms with Gasteiger partial charge in [0.15, 0.2) is 11.5 Å². The zero-order valence-electron chi connectivity index (χ0n) is 11.2. The maximum atomic E-state index is 8.82. The molecule has 6 heteroatoms. The molecule has 6 nitrogen and oxygen atoms in total. The molecule has 0 atom stereocenters. The van der Waals surface area contributed by atoms with Gasteiger partial charge in [0.05, 0.1) is 25.3 Å². The van der Waals surface area contributed by atoms with Crippen molar-refractivity contribution in [1.29, 1.82) is 5.26 Å². The van der Waals surface area contributed by atoms with E-state index in [9.17, 15) is 0 Å². The van der Waals surface area contributed by atoms with Crippen molar-refractivity contribution in [3.63, 3.8) is 0 Å². The summed E-state index contributed by atoms with van der Waals surface area (Å²) in [6.45, 7) is 1.26. The zero-order chi connectivity index (χ0) is 14.4. The van der Waals surface area contributed by atoms with Crippen LogP contribution in [-0.2, 0) is 6.54 Å². The van der Waals surface area contributed by atoms with Gasteiger partial charge in [-0.2, -0.15) is 10.4 Å². The van der Waals surface area contributed by atoms with Crippen molar-refractivity contribution in [1.82, 2.24) is 9.78 Å². The van der Waals surface area contributed by atoms with Gasteiger partial charge >= 0.3 is 0 Å². The summed E-state index contributed by atoms with van der Waals surface area (Å²) in [4.78, 5) is 0. The van der Waals surface area contributed by atoms with Gasteiger partial charge in [-0.25, -0.2) is 0 Å². The molecule has 104 valence electrons. The van der Waals surface area contributed by atoms with Gasteiger partial charge in [-0.15, -0.1) is 0 Å². The fourth-order valence-electron chi connectivity index (χ4n) is 1.77. The van der Waals surface area contributed by atoms with Crippen LogP contribution in [0.15, 0.2) is 30.5 Å². The van der Waals surface area contributed by atoms with E-state index in [0.717, 1.165) is 13.0 Å². The number of nitriles is 1. The van der Waals surface area contributed by atoms with Gasteiger partial charge in [0.1, 0.15) is 5.82 Å². The highest BCUT2D eigenvalue weighted by atomic mass is 16.5. The molecule has 0 spiro atoms. The first-order valence-corrected chi connectivity index (χ1v) is 6.23. The lowest BCUT2D eigenvalue weighted by Gasteiger charge is -2.10. The monoisotopic (exact) mass is 272 g/mol. The maximum absolute atomic E-state index is 8.82. The molecule has 2 rings (SSSR count). The highest BCUT2D eigenvalue weighted by Gasteiger charge is 2.05. The highest BCUT2D eigenvalue weighted by molar-refractivity contribution is 5.46. The number of nitrogens with zero attached hydrogens (tertiary/aromatic N) is 3. The number of aryl methyl sites for hydroxylation is 1. The van der Waals surface area contributed by atoms with E-state index in [4.69, 9.17) is 20.5 Å². The van der Waals surface area contributed by atoms with Gasteiger partial charge in [-0.1, -0.05) is 0 Å². The lowest BCUT2D eigenvalue weighted by molar-refractivity contribution is 0.280. The number of rotatable bonds is 6. The molecule has 0 saturated heterocycles. The Balaban J connectivity index is 1.86. The summed E-state index contributed by atoms with van der Waals surface area (Å²) in [5, 5.41) is 12.9. The largest absolute Gasteiger partial charge is 0.493 e. The Bertz CT molecular complexity index is 616. The second kappa shape index (κ2) is 6.48. The van der Waals surface area contributed by atoms with E-state index in [-0.39, 0.29) is 0 Å². The second-order valence-electron chi connectivity index (χ2n) is 4.18. The van der Waals surface area contributed by atoms with Crippen LogP contribution in [0.1, 0.15) is 12.0 Å². The molecular formula is C14H16N4O2. The number of hydrogen-bond donors (Lipinski definition) is 1. The first kappa shape index (κ1) is 13.7. The van der Waals surface area contributed by atoms with Crippen LogP contribution in [0, 0.1) is 11.3 Å². The maximum Gasteiger partial charge on any atom is 0.162 e. The van der Waals surface area contributed by atoms with Crippen LogP contribution in [0.2, 0.25) is 0 Å². The van der Waals surface area contributed by atoms with E-state index in [1.54, 1.807) is 36.1 Å². The second-order valence-corrected chi connectivity index (χ2v) is 4.18. The third-order valence-electron chi connectivity index (χ3n) is 2.74. The minimum Gasteiger partial charge on any atom is -0.493 e. The average molecular weight is 272 g/mol. The number of hydrogen-bond acceptors (Lipinski definition) is 5. The van der Waals surface area contributed by atoms with Gasteiger partial charge < -0.3 is 15.2 Å². The van der Waals surface area contributed by atoms with Crippen LogP contribution in [0.5, 0.6) is 11.5 Å². The van der Waals surface area contributed by atoms with E-state index in [1.165, 1.54) is 0 Å². The Kier molecular flexibility index (Phi) is 4.45. The number of aromatic nitrogens is 2. The first-order valence-electron chi connectivity index (χ1n) is 6.23. The summed E-state index contributed by atoms with van der Waals surface area (Å²) in [5.74, 6) is 1.71. The molecule has 1 aromatic carbocycles. The topological polar surface area (TPSA) is 86.1 Å². The predicted octanol–water partition coefficient (Wildman–Crippen LogP) is 1.81. The van der Waals surface area contributed by atoms with E-state index in [2.05, 4.69) is 11.2 Å².